The molecule has 134 valence electrons. The summed E-state index contributed by atoms with van der Waals surface area (Å²) in [4.78, 5) is 16.3. The number of nitrogens with zero attached hydrogens (tertiary/aromatic N) is 2. The molecule has 1 unspecified atom stereocenters. The Hall–Kier alpha value is -3.29. The summed E-state index contributed by atoms with van der Waals surface area (Å²) in [6.07, 6.45) is -0.622. The van der Waals surface area contributed by atoms with Gasteiger partial charge in [-0.05, 0) is 48.0 Å². The van der Waals surface area contributed by atoms with Crippen LogP contribution in [0.4, 0.5) is 14.7 Å². The number of para-hydroxylation sites is 1. The number of hydrogen-bond donors (Lipinski definition) is 1. The van der Waals surface area contributed by atoms with Crippen molar-refractivity contribution < 1.29 is 22.8 Å². The molecule has 1 aromatic heterocycles. The molecular weight excluding hydrogens is 344 g/mol. The molecule has 3 rings (SSSR count). The largest absolute Gasteiger partial charge is 0.478 e. The molecule has 0 bridgehead atoms. The van der Waals surface area contributed by atoms with E-state index in [2.05, 4.69) is 15.5 Å². The molecule has 0 radical (unpaired) electrons. The van der Waals surface area contributed by atoms with Crippen LogP contribution in [0.3, 0.4) is 0 Å². The molecule has 0 aliphatic heterocycles. The highest BCUT2D eigenvalue weighted by molar-refractivity contribution is 5.92. The summed E-state index contributed by atoms with van der Waals surface area (Å²) in [5.41, 5.74) is 0.508. The van der Waals surface area contributed by atoms with Crippen LogP contribution in [0, 0.1) is 11.6 Å². The second kappa shape index (κ2) is 7.73. The number of amides is 1. The number of rotatable bonds is 6. The van der Waals surface area contributed by atoms with E-state index in [1.165, 1.54) is 42.5 Å². The first kappa shape index (κ1) is 17.5. The van der Waals surface area contributed by atoms with Crippen LogP contribution < -0.4 is 10.1 Å². The maximum absolute atomic E-state index is 13.7. The summed E-state index contributed by atoms with van der Waals surface area (Å²) in [6, 6.07) is 11.3. The Kier molecular flexibility index (Phi) is 5.21. The number of halogens is 2. The Balaban J connectivity index is 1.68. The van der Waals surface area contributed by atoms with Gasteiger partial charge in [-0.1, -0.05) is 19.1 Å². The van der Waals surface area contributed by atoms with Crippen molar-refractivity contribution in [3.63, 3.8) is 0 Å². The Morgan fingerprint density at radius 2 is 1.92 bits per heavy atom. The molecule has 1 heterocycles. The van der Waals surface area contributed by atoms with Crippen LogP contribution in [0.25, 0.3) is 11.5 Å². The van der Waals surface area contributed by atoms with E-state index in [9.17, 15) is 13.6 Å². The van der Waals surface area contributed by atoms with Crippen LogP contribution in [0.5, 0.6) is 5.75 Å². The monoisotopic (exact) mass is 359 g/mol. The summed E-state index contributed by atoms with van der Waals surface area (Å²) in [7, 11) is 0. The first-order chi connectivity index (χ1) is 12.6. The van der Waals surface area contributed by atoms with E-state index in [1.807, 2.05) is 0 Å². The van der Waals surface area contributed by atoms with Gasteiger partial charge in [-0.2, -0.15) is 4.98 Å². The van der Waals surface area contributed by atoms with E-state index < -0.39 is 23.6 Å². The van der Waals surface area contributed by atoms with Gasteiger partial charge >= 0.3 is 0 Å². The Bertz CT molecular complexity index is 897. The minimum atomic E-state index is -0.931. The van der Waals surface area contributed by atoms with Gasteiger partial charge in [0.15, 0.2) is 17.7 Å². The van der Waals surface area contributed by atoms with Crippen molar-refractivity contribution in [2.75, 3.05) is 5.32 Å². The van der Waals surface area contributed by atoms with Crippen molar-refractivity contribution in [1.29, 1.82) is 0 Å². The fourth-order valence-corrected chi connectivity index (χ4v) is 2.19. The predicted octanol–water partition coefficient (Wildman–Crippen LogP) is 3.81. The third-order valence-corrected chi connectivity index (χ3v) is 3.52. The van der Waals surface area contributed by atoms with Gasteiger partial charge in [0, 0.05) is 5.56 Å². The van der Waals surface area contributed by atoms with Crippen molar-refractivity contribution in [3.8, 4) is 17.2 Å². The van der Waals surface area contributed by atoms with Gasteiger partial charge in [0.25, 0.3) is 17.7 Å². The first-order valence-electron chi connectivity index (χ1n) is 7.88. The van der Waals surface area contributed by atoms with Gasteiger partial charge in [-0.25, -0.2) is 8.78 Å². The zero-order valence-corrected chi connectivity index (χ0v) is 13.8. The third-order valence-electron chi connectivity index (χ3n) is 3.52. The fourth-order valence-electron chi connectivity index (χ4n) is 2.19. The molecule has 26 heavy (non-hydrogen) atoms. The molecule has 6 nitrogen and oxygen atoms in total. The van der Waals surface area contributed by atoms with Gasteiger partial charge in [0.05, 0.1) is 0 Å². The summed E-state index contributed by atoms with van der Waals surface area (Å²) in [5.74, 6) is -1.44. The number of benzene rings is 2. The molecule has 0 saturated carbocycles. The maximum Gasteiger partial charge on any atom is 0.270 e. The lowest BCUT2D eigenvalue weighted by Crippen LogP contribution is -2.33. The Labute approximate surface area is 147 Å². The molecule has 0 saturated heterocycles. The van der Waals surface area contributed by atoms with E-state index in [1.54, 1.807) is 13.0 Å². The van der Waals surface area contributed by atoms with E-state index in [-0.39, 0.29) is 17.6 Å². The molecule has 8 heteroatoms. The number of carbonyl (C=O) groups is 1. The van der Waals surface area contributed by atoms with Crippen molar-refractivity contribution in [2.45, 2.75) is 19.4 Å². The van der Waals surface area contributed by atoms with E-state index in [0.717, 1.165) is 0 Å². The second-order valence-electron chi connectivity index (χ2n) is 5.36. The molecule has 1 N–H and O–H groups in total. The lowest BCUT2D eigenvalue weighted by atomic mass is 10.2. The number of hydrogen-bond acceptors (Lipinski definition) is 5. The molecule has 3 aromatic rings. The molecule has 0 fully saturated rings. The maximum atomic E-state index is 13.7. The highest BCUT2D eigenvalue weighted by atomic mass is 19.1. The molecular formula is C18H15F2N3O3. The third kappa shape index (κ3) is 4.02. The molecule has 0 aliphatic carbocycles. The molecule has 0 spiro atoms. The smallest absolute Gasteiger partial charge is 0.270 e. The van der Waals surface area contributed by atoms with E-state index in [4.69, 9.17) is 9.26 Å². The van der Waals surface area contributed by atoms with Gasteiger partial charge in [0.2, 0.25) is 0 Å². The van der Waals surface area contributed by atoms with Crippen LogP contribution in [0.15, 0.2) is 53.1 Å². The van der Waals surface area contributed by atoms with Crippen LogP contribution in [-0.4, -0.2) is 22.2 Å². The highest BCUT2D eigenvalue weighted by Gasteiger charge is 2.22. The van der Waals surface area contributed by atoms with Crippen LogP contribution in [0.2, 0.25) is 0 Å². The van der Waals surface area contributed by atoms with Crippen LogP contribution in [-0.2, 0) is 4.79 Å². The van der Waals surface area contributed by atoms with Gasteiger partial charge < -0.3 is 9.26 Å². The predicted molar refractivity (Wildman–Crippen MR) is 89.4 cm³/mol. The normalized spacial score (nSPS) is 11.8. The standard InChI is InChI=1S/C18H15F2N3O3/c1-2-14(25-15-6-4-3-5-13(15)20)16(24)21-18-22-17(26-23-18)11-7-9-12(19)10-8-11/h3-10,14H,2H2,1H3,(H,21,23,24). The minimum Gasteiger partial charge on any atom is -0.478 e. The van der Waals surface area contributed by atoms with Crippen molar-refractivity contribution in [3.05, 3.63) is 60.2 Å². The highest BCUT2D eigenvalue weighted by Crippen LogP contribution is 2.20. The number of aromatic nitrogens is 2. The minimum absolute atomic E-state index is 0.0189. The summed E-state index contributed by atoms with van der Waals surface area (Å²) < 4.78 is 37.1. The van der Waals surface area contributed by atoms with Crippen LogP contribution >= 0.6 is 0 Å². The average Bonchev–Trinajstić information content (AvgIpc) is 3.10. The summed E-state index contributed by atoms with van der Waals surface area (Å²) >= 11 is 0. The van der Waals surface area contributed by atoms with Crippen molar-refractivity contribution in [2.24, 2.45) is 0 Å². The fraction of sp³-hybridized carbons (Fsp3) is 0.167. The van der Waals surface area contributed by atoms with Crippen molar-refractivity contribution in [1.82, 2.24) is 10.1 Å². The van der Waals surface area contributed by atoms with Gasteiger partial charge in [0.1, 0.15) is 5.82 Å². The molecule has 1 amide bonds. The molecule has 0 aliphatic rings. The average molecular weight is 359 g/mol. The second-order valence-corrected chi connectivity index (χ2v) is 5.36. The topological polar surface area (TPSA) is 77.2 Å². The number of carbonyl (C=O) groups excluding carboxylic acids is 1. The van der Waals surface area contributed by atoms with E-state index >= 15 is 0 Å². The van der Waals surface area contributed by atoms with Gasteiger partial charge in [-0.15, -0.1) is 0 Å². The zero-order valence-electron chi connectivity index (χ0n) is 13.8. The van der Waals surface area contributed by atoms with Gasteiger partial charge in [-0.3, -0.25) is 10.1 Å². The number of ether oxygens (including phenoxy) is 1. The SMILES string of the molecule is CCC(Oc1ccccc1F)C(=O)Nc1noc(-c2ccc(F)cc2)n1. The first-order valence-corrected chi connectivity index (χ1v) is 7.88. The Morgan fingerprint density at radius 1 is 1.19 bits per heavy atom. The lowest BCUT2D eigenvalue weighted by Gasteiger charge is -2.16. The van der Waals surface area contributed by atoms with Crippen LogP contribution in [0.1, 0.15) is 13.3 Å². The summed E-state index contributed by atoms with van der Waals surface area (Å²) in [5, 5.41) is 6.11. The quantitative estimate of drug-likeness (QED) is 0.724. The molecule has 2 aromatic carbocycles. The van der Waals surface area contributed by atoms with E-state index in [0.29, 0.717) is 12.0 Å². The lowest BCUT2D eigenvalue weighted by molar-refractivity contribution is -0.123. The molecule has 1 atom stereocenters. The van der Waals surface area contributed by atoms with Crippen molar-refractivity contribution >= 4 is 11.9 Å². The number of anilines is 1. The Morgan fingerprint density at radius 3 is 2.62 bits per heavy atom. The summed E-state index contributed by atoms with van der Waals surface area (Å²) in [6.45, 7) is 1.73. The number of nitrogens with one attached hydrogen (secondary N) is 1. The zero-order chi connectivity index (χ0) is 18.5.